The van der Waals surface area contributed by atoms with Gasteiger partial charge < -0.3 is 14.8 Å². The molecule has 9 heteroatoms. The normalized spacial score (nSPS) is 10.9. The van der Waals surface area contributed by atoms with E-state index in [1.807, 2.05) is 0 Å². The first kappa shape index (κ1) is 25.8. The van der Waals surface area contributed by atoms with E-state index in [1.165, 1.54) is 26.2 Å². The average Bonchev–Trinajstić information content (AvgIpc) is 2.83. The Kier molecular flexibility index (Phi) is 8.48. The fraction of sp³-hybridized carbons (Fsp3) is 0.231. The van der Waals surface area contributed by atoms with Crippen molar-refractivity contribution in [1.29, 1.82) is 0 Å². The van der Waals surface area contributed by atoms with Crippen molar-refractivity contribution in [3.8, 4) is 11.5 Å². The van der Waals surface area contributed by atoms with Gasteiger partial charge in [0.1, 0.15) is 11.5 Å². The molecule has 2 N–H and O–H groups in total. The SMILES string of the molecule is COc1ccccc1NS(=O)(=O)c1ccc(C)c(NC(=O)CCCOc2ccc(C(C)=O)cc2)c1. The highest BCUT2D eigenvalue weighted by atomic mass is 32.2. The van der Waals surface area contributed by atoms with Gasteiger partial charge in [-0.25, -0.2) is 8.42 Å². The van der Waals surface area contributed by atoms with Crippen LogP contribution in [0.15, 0.2) is 71.6 Å². The highest BCUT2D eigenvalue weighted by molar-refractivity contribution is 7.92. The minimum Gasteiger partial charge on any atom is -0.495 e. The number of ketones is 1. The maximum Gasteiger partial charge on any atom is 0.262 e. The quantitative estimate of drug-likeness (QED) is 0.291. The minimum absolute atomic E-state index is 0.0154. The molecule has 0 aliphatic rings. The summed E-state index contributed by atoms with van der Waals surface area (Å²) in [6.45, 7) is 3.61. The molecule has 0 radical (unpaired) electrons. The summed E-state index contributed by atoms with van der Waals surface area (Å²) < 4.78 is 39.2. The standard InChI is InChI=1S/C26H28N2O6S/c1-18-10-15-22(35(31,32)28-23-7-4-5-8-25(23)33-3)17-24(18)27-26(30)9-6-16-34-21-13-11-20(12-14-21)19(2)29/h4-5,7-8,10-15,17,28H,6,9,16H2,1-3H3,(H,27,30). The van der Waals surface area contributed by atoms with Gasteiger partial charge in [-0.3, -0.25) is 14.3 Å². The lowest BCUT2D eigenvalue weighted by Gasteiger charge is -2.14. The lowest BCUT2D eigenvalue weighted by atomic mass is 10.1. The highest BCUT2D eigenvalue weighted by Crippen LogP contribution is 2.28. The van der Waals surface area contributed by atoms with Crippen molar-refractivity contribution >= 4 is 33.1 Å². The molecular weight excluding hydrogens is 468 g/mol. The summed E-state index contributed by atoms with van der Waals surface area (Å²) in [6.07, 6.45) is 0.661. The third kappa shape index (κ3) is 7.07. The van der Waals surface area contributed by atoms with Crippen LogP contribution in [0, 0.1) is 6.92 Å². The van der Waals surface area contributed by atoms with E-state index in [0.717, 1.165) is 5.56 Å². The van der Waals surface area contributed by atoms with Crippen LogP contribution < -0.4 is 19.5 Å². The van der Waals surface area contributed by atoms with Gasteiger partial charge in [-0.15, -0.1) is 0 Å². The van der Waals surface area contributed by atoms with Gasteiger partial charge in [0, 0.05) is 17.7 Å². The van der Waals surface area contributed by atoms with Gasteiger partial charge in [-0.2, -0.15) is 0 Å². The summed E-state index contributed by atoms with van der Waals surface area (Å²) in [4.78, 5) is 23.8. The van der Waals surface area contributed by atoms with Crippen molar-refractivity contribution in [2.75, 3.05) is 23.8 Å². The molecule has 0 heterocycles. The number of sulfonamides is 1. The third-order valence-electron chi connectivity index (χ3n) is 5.22. The summed E-state index contributed by atoms with van der Waals surface area (Å²) >= 11 is 0. The summed E-state index contributed by atoms with van der Waals surface area (Å²) in [5.41, 5.74) is 2.07. The number of Topliss-reactive ketones (excluding diaryl/α,β-unsaturated/α-hetero) is 1. The lowest BCUT2D eigenvalue weighted by molar-refractivity contribution is -0.116. The minimum atomic E-state index is -3.90. The highest BCUT2D eigenvalue weighted by Gasteiger charge is 2.18. The smallest absolute Gasteiger partial charge is 0.262 e. The molecule has 0 fully saturated rings. The summed E-state index contributed by atoms with van der Waals surface area (Å²) in [5, 5.41) is 2.78. The van der Waals surface area contributed by atoms with E-state index in [1.54, 1.807) is 61.5 Å². The van der Waals surface area contributed by atoms with Gasteiger partial charge >= 0.3 is 0 Å². The number of ether oxygens (including phenoxy) is 2. The number of aryl methyl sites for hydroxylation is 1. The van der Waals surface area contributed by atoms with E-state index in [0.29, 0.717) is 41.5 Å². The van der Waals surface area contributed by atoms with Crippen molar-refractivity contribution in [2.45, 2.75) is 31.6 Å². The number of para-hydroxylation sites is 2. The molecule has 8 nitrogen and oxygen atoms in total. The van der Waals surface area contributed by atoms with E-state index < -0.39 is 10.0 Å². The number of amides is 1. The fourth-order valence-corrected chi connectivity index (χ4v) is 4.35. The van der Waals surface area contributed by atoms with Crippen LogP contribution in [0.3, 0.4) is 0 Å². The molecule has 0 spiro atoms. The summed E-state index contributed by atoms with van der Waals surface area (Å²) in [5.74, 6) is 0.743. The number of anilines is 2. The van der Waals surface area contributed by atoms with Crippen molar-refractivity contribution in [3.63, 3.8) is 0 Å². The first-order valence-corrected chi connectivity index (χ1v) is 12.5. The zero-order valence-corrected chi connectivity index (χ0v) is 20.6. The van der Waals surface area contributed by atoms with E-state index in [2.05, 4.69) is 10.0 Å². The van der Waals surface area contributed by atoms with Crippen LogP contribution in [-0.2, 0) is 14.8 Å². The fourth-order valence-electron chi connectivity index (χ4n) is 3.26. The van der Waals surface area contributed by atoms with Crippen LogP contribution in [0.5, 0.6) is 11.5 Å². The number of nitrogens with one attached hydrogen (secondary N) is 2. The van der Waals surface area contributed by atoms with Crippen molar-refractivity contribution < 1.29 is 27.5 Å². The second-order valence-electron chi connectivity index (χ2n) is 7.86. The number of methoxy groups -OCH3 is 1. The Morgan fingerprint density at radius 2 is 1.66 bits per heavy atom. The third-order valence-corrected chi connectivity index (χ3v) is 6.59. The van der Waals surface area contributed by atoms with Crippen LogP contribution in [-0.4, -0.2) is 33.8 Å². The molecule has 0 bridgehead atoms. The van der Waals surface area contributed by atoms with Gasteiger partial charge in [-0.1, -0.05) is 18.2 Å². The largest absolute Gasteiger partial charge is 0.495 e. The molecule has 3 rings (SSSR count). The first-order chi connectivity index (χ1) is 16.7. The number of rotatable bonds is 11. The van der Waals surface area contributed by atoms with Gasteiger partial charge in [0.15, 0.2) is 5.78 Å². The molecule has 0 unspecified atom stereocenters. The number of benzene rings is 3. The van der Waals surface area contributed by atoms with Crippen molar-refractivity contribution in [1.82, 2.24) is 0 Å². The Bertz CT molecular complexity index is 1300. The molecule has 0 atom stereocenters. The van der Waals surface area contributed by atoms with Gasteiger partial charge in [0.05, 0.1) is 24.3 Å². The second-order valence-corrected chi connectivity index (χ2v) is 9.55. The molecule has 3 aromatic carbocycles. The van der Waals surface area contributed by atoms with Gasteiger partial charge in [-0.05, 0) is 74.4 Å². The summed E-state index contributed by atoms with van der Waals surface area (Å²) in [7, 11) is -2.44. The number of hydrogen-bond donors (Lipinski definition) is 2. The zero-order valence-electron chi connectivity index (χ0n) is 19.8. The van der Waals surface area contributed by atoms with Gasteiger partial charge in [0.2, 0.25) is 5.91 Å². The predicted molar refractivity (Wildman–Crippen MR) is 135 cm³/mol. The Morgan fingerprint density at radius 1 is 0.943 bits per heavy atom. The molecule has 0 saturated heterocycles. The summed E-state index contributed by atoms with van der Waals surface area (Å²) in [6, 6.07) is 18.1. The zero-order chi connectivity index (χ0) is 25.4. The molecule has 35 heavy (non-hydrogen) atoms. The molecule has 0 saturated carbocycles. The van der Waals surface area contributed by atoms with Crippen LogP contribution >= 0.6 is 0 Å². The first-order valence-electron chi connectivity index (χ1n) is 11.0. The molecule has 0 aromatic heterocycles. The predicted octanol–water partition coefficient (Wildman–Crippen LogP) is 4.80. The molecule has 1 amide bonds. The number of carbonyl (C=O) groups excluding carboxylic acids is 2. The Labute approximate surface area is 205 Å². The maximum absolute atomic E-state index is 12.9. The van der Waals surface area contributed by atoms with Crippen LogP contribution in [0.2, 0.25) is 0 Å². The average molecular weight is 497 g/mol. The van der Waals surface area contributed by atoms with Crippen LogP contribution in [0.4, 0.5) is 11.4 Å². The molecular formula is C26H28N2O6S. The van der Waals surface area contributed by atoms with Crippen LogP contribution in [0.25, 0.3) is 0 Å². The van der Waals surface area contributed by atoms with E-state index in [9.17, 15) is 18.0 Å². The van der Waals surface area contributed by atoms with Gasteiger partial charge in [0.25, 0.3) is 10.0 Å². The van der Waals surface area contributed by atoms with Crippen molar-refractivity contribution in [3.05, 3.63) is 77.9 Å². The number of carbonyl (C=O) groups is 2. The monoisotopic (exact) mass is 496 g/mol. The number of hydrogen-bond acceptors (Lipinski definition) is 6. The van der Waals surface area contributed by atoms with Crippen LogP contribution in [0.1, 0.15) is 35.7 Å². The molecule has 0 aliphatic carbocycles. The Morgan fingerprint density at radius 3 is 2.34 bits per heavy atom. The Balaban J connectivity index is 1.58. The maximum atomic E-state index is 12.9. The molecule has 3 aromatic rings. The van der Waals surface area contributed by atoms with Crippen molar-refractivity contribution in [2.24, 2.45) is 0 Å². The molecule has 0 aliphatic heterocycles. The lowest BCUT2D eigenvalue weighted by Crippen LogP contribution is -2.16. The van der Waals surface area contributed by atoms with E-state index in [-0.39, 0.29) is 23.0 Å². The second kappa shape index (κ2) is 11.5. The van der Waals surface area contributed by atoms with E-state index in [4.69, 9.17) is 9.47 Å². The topological polar surface area (TPSA) is 111 Å². The van der Waals surface area contributed by atoms with E-state index >= 15 is 0 Å². The Hall–Kier alpha value is -3.85. The molecule has 184 valence electrons.